The predicted molar refractivity (Wildman–Crippen MR) is 91.4 cm³/mol. The summed E-state index contributed by atoms with van der Waals surface area (Å²) >= 11 is 3.35. The first-order chi connectivity index (χ1) is 10.8. The van der Waals surface area contributed by atoms with Crippen molar-refractivity contribution >= 4 is 28.0 Å². The normalized spacial score (nSPS) is 20.3. The number of rotatable bonds is 1. The molecule has 23 heavy (non-hydrogen) atoms. The maximum atomic E-state index is 12.1. The molecule has 0 saturated carbocycles. The van der Waals surface area contributed by atoms with E-state index in [9.17, 15) is 4.79 Å². The Kier molecular flexibility index (Phi) is 4.25. The summed E-state index contributed by atoms with van der Waals surface area (Å²) in [6.07, 6.45) is 5.38. The van der Waals surface area contributed by atoms with Crippen LogP contribution in [-0.4, -0.2) is 52.7 Å². The van der Waals surface area contributed by atoms with Gasteiger partial charge in [-0.15, -0.1) is 0 Å². The zero-order valence-electron chi connectivity index (χ0n) is 13.9. The third-order valence-corrected chi connectivity index (χ3v) is 4.83. The largest absolute Gasteiger partial charge is 0.444 e. The Morgan fingerprint density at radius 1 is 1.22 bits per heavy atom. The van der Waals surface area contributed by atoms with Crippen molar-refractivity contribution in [3.8, 4) is 0 Å². The lowest BCUT2D eigenvalue weighted by atomic mass is 9.72. The van der Waals surface area contributed by atoms with Crippen LogP contribution in [-0.2, 0) is 4.74 Å². The van der Waals surface area contributed by atoms with Crippen LogP contribution in [0.4, 0.5) is 10.7 Å². The Morgan fingerprint density at radius 2 is 1.78 bits per heavy atom. The maximum Gasteiger partial charge on any atom is 0.410 e. The summed E-state index contributed by atoms with van der Waals surface area (Å²) in [5, 5.41) is 0. The van der Waals surface area contributed by atoms with Crippen molar-refractivity contribution < 1.29 is 9.53 Å². The van der Waals surface area contributed by atoms with Gasteiger partial charge >= 0.3 is 6.09 Å². The SMILES string of the molecule is CC(C)(C)OC(=O)N1CCC2(CC1)CN(c1ncc(Br)cn1)C2. The minimum Gasteiger partial charge on any atom is -0.444 e. The van der Waals surface area contributed by atoms with Gasteiger partial charge in [-0.3, -0.25) is 0 Å². The molecule has 1 spiro atoms. The van der Waals surface area contributed by atoms with E-state index >= 15 is 0 Å². The number of piperidine rings is 1. The summed E-state index contributed by atoms with van der Waals surface area (Å²) in [4.78, 5) is 24.8. The standard InChI is InChI=1S/C16H23BrN4O2/c1-15(2,3)23-14(22)20-6-4-16(5-7-20)10-21(11-16)13-18-8-12(17)9-19-13/h8-9H,4-7,10-11H2,1-3H3. The number of hydrogen-bond acceptors (Lipinski definition) is 5. The fourth-order valence-electron chi connectivity index (χ4n) is 3.18. The van der Waals surface area contributed by atoms with Gasteiger partial charge in [0.1, 0.15) is 5.60 Å². The number of aromatic nitrogens is 2. The van der Waals surface area contributed by atoms with Gasteiger partial charge in [-0.05, 0) is 49.5 Å². The molecule has 2 aliphatic heterocycles. The van der Waals surface area contributed by atoms with Gasteiger partial charge in [-0.2, -0.15) is 0 Å². The van der Waals surface area contributed by atoms with Gasteiger partial charge in [-0.25, -0.2) is 14.8 Å². The van der Waals surface area contributed by atoms with Crippen LogP contribution < -0.4 is 4.90 Å². The predicted octanol–water partition coefficient (Wildman–Crippen LogP) is 3.08. The molecular weight excluding hydrogens is 360 g/mol. The van der Waals surface area contributed by atoms with Gasteiger partial charge in [0.15, 0.2) is 0 Å². The minimum absolute atomic E-state index is 0.195. The molecule has 3 rings (SSSR count). The summed E-state index contributed by atoms with van der Waals surface area (Å²) in [7, 11) is 0. The fourth-order valence-corrected chi connectivity index (χ4v) is 3.38. The minimum atomic E-state index is -0.432. The number of anilines is 1. The van der Waals surface area contributed by atoms with Crippen LogP contribution in [0.15, 0.2) is 16.9 Å². The molecule has 1 aromatic rings. The monoisotopic (exact) mass is 382 g/mol. The number of halogens is 1. The second-order valence-electron chi connectivity index (χ2n) is 7.52. The molecular formula is C16H23BrN4O2. The topological polar surface area (TPSA) is 58.6 Å². The van der Waals surface area contributed by atoms with E-state index in [1.807, 2.05) is 25.7 Å². The quantitative estimate of drug-likeness (QED) is 0.746. The van der Waals surface area contributed by atoms with Crippen molar-refractivity contribution in [3.05, 3.63) is 16.9 Å². The number of ether oxygens (including phenoxy) is 1. The summed E-state index contributed by atoms with van der Waals surface area (Å²) in [5.41, 5.74) is -0.132. The summed E-state index contributed by atoms with van der Waals surface area (Å²) in [6, 6.07) is 0. The molecule has 0 radical (unpaired) electrons. The average molecular weight is 383 g/mol. The van der Waals surface area contributed by atoms with E-state index in [-0.39, 0.29) is 6.09 Å². The average Bonchev–Trinajstić information content (AvgIpc) is 2.44. The molecule has 2 saturated heterocycles. The molecule has 7 heteroatoms. The Hall–Kier alpha value is -1.37. The van der Waals surface area contributed by atoms with Gasteiger partial charge in [0, 0.05) is 44.0 Å². The van der Waals surface area contributed by atoms with E-state index in [1.165, 1.54) is 0 Å². The molecule has 2 fully saturated rings. The number of amides is 1. The molecule has 0 N–H and O–H groups in total. The summed E-state index contributed by atoms with van der Waals surface area (Å²) < 4.78 is 6.34. The number of hydrogen-bond donors (Lipinski definition) is 0. The van der Waals surface area contributed by atoms with E-state index in [1.54, 1.807) is 12.4 Å². The molecule has 6 nitrogen and oxygen atoms in total. The third-order valence-electron chi connectivity index (χ3n) is 4.42. The van der Waals surface area contributed by atoms with Crippen LogP contribution in [0, 0.1) is 5.41 Å². The van der Waals surface area contributed by atoms with E-state index in [4.69, 9.17) is 4.74 Å². The second-order valence-corrected chi connectivity index (χ2v) is 8.44. The highest BCUT2D eigenvalue weighted by molar-refractivity contribution is 9.10. The van der Waals surface area contributed by atoms with Crippen molar-refractivity contribution in [2.75, 3.05) is 31.1 Å². The Morgan fingerprint density at radius 3 is 2.30 bits per heavy atom. The number of carbonyl (C=O) groups is 1. The molecule has 0 atom stereocenters. The molecule has 1 aromatic heterocycles. The van der Waals surface area contributed by atoms with E-state index in [0.29, 0.717) is 5.41 Å². The lowest BCUT2D eigenvalue weighted by Crippen LogP contribution is -2.61. The first-order valence-electron chi connectivity index (χ1n) is 7.97. The first-order valence-corrected chi connectivity index (χ1v) is 8.76. The van der Waals surface area contributed by atoms with Crippen molar-refractivity contribution in [1.29, 1.82) is 0 Å². The number of likely N-dealkylation sites (tertiary alicyclic amines) is 1. The van der Waals surface area contributed by atoms with Gasteiger partial charge in [0.25, 0.3) is 0 Å². The fraction of sp³-hybridized carbons (Fsp3) is 0.688. The molecule has 2 aliphatic rings. The van der Waals surface area contributed by atoms with Crippen molar-refractivity contribution in [2.45, 2.75) is 39.2 Å². The third kappa shape index (κ3) is 3.76. The molecule has 1 amide bonds. The van der Waals surface area contributed by atoms with Gasteiger partial charge in [0.05, 0.1) is 4.47 Å². The highest BCUT2D eigenvalue weighted by atomic mass is 79.9. The maximum absolute atomic E-state index is 12.1. The molecule has 0 aliphatic carbocycles. The van der Waals surface area contributed by atoms with Crippen LogP contribution in [0.2, 0.25) is 0 Å². The zero-order chi connectivity index (χ0) is 16.7. The van der Waals surface area contributed by atoms with Crippen molar-refractivity contribution in [1.82, 2.24) is 14.9 Å². The second kappa shape index (κ2) is 5.92. The first kappa shape index (κ1) is 16.5. The Balaban J connectivity index is 1.50. The van der Waals surface area contributed by atoms with Crippen LogP contribution >= 0.6 is 15.9 Å². The van der Waals surface area contributed by atoms with Crippen LogP contribution in [0.25, 0.3) is 0 Å². The summed E-state index contributed by atoms with van der Waals surface area (Å²) in [5.74, 6) is 0.786. The number of nitrogens with zero attached hydrogens (tertiary/aromatic N) is 4. The Labute approximate surface area is 145 Å². The van der Waals surface area contributed by atoms with Gasteiger partial charge in [-0.1, -0.05) is 0 Å². The van der Waals surface area contributed by atoms with E-state index < -0.39 is 5.60 Å². The number of carbonyl (C=O) groups excluding carboxylic acids is 1. The van der Waals surface area contributed by atoms with Crippen LogP contribution in [0.1, 0.15) is 33.6 Å². The van der Waals surface area contributed by atoms with Crippen LogP contribution in [0.3, 0.4) is 0 Å². The highest BCUT2D eigenvalue weighted by Gasteiger charge is 2.46. The summed E-state index contributed by atoms with van der Waals surface area (Å²) in [6.45, 7) is 9.18. The van der Waals surface area contributed by atoms with Gasteiger partial charge < -0.3 is 14.5 Å². The lowest BCUT2D eigenvalue weighted by Gasteiger charge is -2.53. The highest BCUT2D eigenvalue weighted by Crippen LogP contribution is 2.41. The lowest BCUT2D eigenvalue weighted by molar-refractivity contribution is 0.00581. The van der Waals surface area contributed by atoms with Crippen molar-refractivity contribution in [3.63, 3.8) is 0 Å². The molecule has 0 unspecified atom stereocenters. The molecule has 0 aromatic carbocycles. The van der Waals surface area contributed by atoms with Crippen molar-refractivity contribution in [2.24, 2.45) is 5.41 Å². The zero-order valence-corrected chi connectivity index (χ0v) is 15.5. The van der Waals surface area contributed by atoms with E-state index in [2.05, 4.69) is 30.8 Å². The molecule has 0 bridgehead atoms. The van der Waals surface area contributed by atoms with E-state index in [0.717, 1.165) is 49.4 Å². The van der Waals surface area contributed by atoms with Gasteiger partial charge in [0.2, 0.25) is 5.95 Å². The molecule has 3 heterocycles. The smallest absolute Gasteiger partial charge is 0.410 e. The molecule has 126 valence electrons. The van der Waals surface area contributed by atoms with Crippen LogP contribution in [0.5, 0.6) is 0 Å². The Bertz CT molecular complexity index is 569.